The number of carbonyl (C=O) groups is 1. The van der Waals surface area contributed by atoms with Crippen molar-refractivity contribution >= 4 is 11.7 Å². The van der Waals surface area contributed by atoms with Crippen LogP contribution in [0.15, 0.2) is 48.3 Å². The Morgan fingerprint density at radius 1 is 1.38 bits per heavy atom. The third kappa shape index (κ3) is 4.60. The summed E-state index contributed by atoms with van der Waals surface area (Å²) in [4.78, 5) is 20.1. The number of benzene rings is 1. The maximum absolute atomic E-state index is 14.1. The molecule has 32 heavy (non-hydrogen) atoms. The number of oxime groups is 1. The summed E-state index contributed by atoms with van der Waals surface area (Å²) in [6, 6.07) is 6.45. The number of nitrogens with zero attached hydrogens (tertiary/aromatic N) is 4. The van der Waals surface area contributed by atoms with Crippen LogP contribution < -0.4 is 0 Å². The number of rotatable bonds is 8. The summed E-state index contributed by atoms with van der Waals surface area (Å²) in [7, 11) is 0. The van der Waals surface area contributed by atoms with E-state index in [1.165, 1.54) is 6.07 Å². The first-order valence-corrected chi connectivity index (χ1v) is 11.0. The summed E-state index contributed by atoms with van der Waals surface area (Å²) in [5, 5.41) is 18.6. The third-order valence-electron chi connectivity index (χ3n) is 6.56. The van der Waals surface area contributed by atoms with Crippen LogP contribution in [-0.2, 0) is 22.7 Å². The molecule has 4 rings (SSSR count). The van der Waals surface area contributed by atoms with Gasteiger partial charge in [0.1, 0.15) is 11.9 Å². The molecule has 1 N–H and O–H groups in total. The van der Waals surface area contributed by atoms with Gasteiger partial charge in [0, 0.05) is 36.7 Å². The van der Waals surface area contributed by atoms with Crippen LogP contribution in [0.25, 0.3) is 0 Å². The molecule has 2 aromatic rings. The predicted molar refractivity (Wildman–Crippen MR) is 119 cm³/mol. The van der Waals surface area contributed by atoms with Crippen molar-refractivity contribution in [3.8, 4) is 0 Å². The van der Waals surface area contributed by atoms with Crippen molar-refractivity contribution < 1.29 is 19.1 Å². The van der Waals surface area contributed by atoms with Crippen molar-refractivity contribution in [3.05, 3.63) is 65.8 Å². The number of carboxylic acids is 1. The summed E-state index contributed by atoms with van der Waals surface area (Å²) in [5.74, 6) is -1.14. The monoisotopic (exact) mass is 440 g/mol. The van der Waals surface area contributed by atoms with Crippen LogP contribution in [0.2, 0.25) is 0 Å². The van der Waals surface area contributed by atoms with Gasteiger partial charge in [0.25, 0.3) is 0 Å². The molecule has 0 aliphatic carbocycles. The maximum Gasteiger partial charge on any atom is 0.309 e. The molecule has 1 atom stereocenters. The first kappa shape index (κ1) is 22.2. The van der Waals surface area contributed by atoms with E-state index in [1.807, 2.05) is 23.9 Å². The first-order chi connectivity index (χ1) is 15.4. The molecule has 1 fully saturated rings. The van der Waals surface area contributed by atoms with Crippen molar-refractivity contribution in [2.24, 2.45) is 10.6 Å². The molecule has 8 heteroatoms. The molecule has 7 nitrogen and oxygen atoms in total. The van der Waals surface area contributed by atoms with E-state index in [0.717, 1.165) is 17.8 Å². The fraction of sp³-hybridized carbons (Fsp3) is 0.458. The minimum absolute atomic E-state index is 0.344. The first-order valence-electron chi connectivity index (χ1n) is 11.0. The Kier molecular flexibility index (Phi) is 6.41. The molecular formula is C24H29FN4O3. The van der Waals surface area contributed by atoms with Crippen LogP contribution in [-0.4, -0.2) is 50.7 Å². The molecule has 170 valence electrons. The van der Waals surface area contributed by atoms with Crippen molar-refractivity contribution in [1.82, 2.24) is 14.7 Å². The second-order valence-electron chi connectivity index (χ2n) is 8.77. The van der Waals surface area contributed by atoms with Crippen LogP contribution >= 0.6 is 0 Å². The highest BCUT2D eigenvalue weighted by Gasteiger charge is 2.45. The smallest absolute Gasteiger partial charge is 0.309 e. The number of aliphatic carboxylic acids is 1. The number of likely N-dealkylation sites (tertiary alicyclic amines) is 1. The fourth-order valence-electron chi connectivity index (χ4n) is 4.65. The molecule has 0 amide bonds. The fourth-order valence-corrected chi connectivity index (χ4v) is 4.65. The molecule has 1 aromatic heterocycles. The van der Waals surface area contributed by atoms with E-state index in [4.69, 9.17) is 4.84 Å². The molecule has 3 heterocycles. The standard InChI is InChI=1S/C24H29FN4O3/c1-3-10-29-16-18(17(2)26-29)15-28-11-8-24(9-12-28,23(30)31)14-19-13-22(27-32-19)20-6-4-5-7-21(20)25/h3-7,16,19H,1,8-15H2,2H3,(H,30,31)/t19-/m0/s1. The summed E-state index contributed by atoms with van der Waals surface area (Å²) in [5.41, 5.74) is 2.24. The molecule has 0 bridgehead atoms. The quantitative estimate of drug-likeness (QED) is 0.632. The number of hydrogen-bond donors (Lipinski definition) is 1. The maximum atomic E-state index is 14.1. The van der Waals surface area contributed by atoms with E-state index in [9.17, 15) is 14.3 Å². The number of allylic oxidation sites excluding steroid dienone is 1. The Labute approximate surface area is 187 Å². The molecule has 1 saturated heterocycles. The summed E-state index contributed by atoms with van der Waals surface area (Å²) >= 11 is 0. The summed E-state index contributed by atoms with van der Waals surface area (Å²) in [6.07, 6.45) is 5.35. The van der Waals surface area contributed by atoms with Crippen molar-refractivity contribution in [2.45, 2.75) is 51.8 Å². The van der Waals surface area contributed by atoms with Crippen LogP contribution in [0.4, 0.5) is 4.39 Å². The third-order valence-corrected chi connectivity index (χ3v) is 6.56. The minimum Gasteiger partial charge on any atom is -0.481 e. The highest BCUT2D eigenvalue weighted by molar-refractivity contribution is 6.01. The van der Waals surface area contributed by atoms with Crippen LogP contribution in [0.5, 0.6) is 0 Å². The number of piperidine rings is 1. The number of aromatic nitrogens is 2. The number of hydrogen-bond acceptors (Lipinski definition) is 5. The summed E-state index contributed by atoms with van der Waals surface area (Å²) in [6.45, 7) is 8.53. The number of aryl methyl sites for hydroxylation is 1. The van der Waals surface area contributed by atoms with E-state index >= 15 is 0 Å². The van der Waals surface area contributed by atoms with Gasteiger partial charge in [-0.05, 0) is 38.9 Å². The SMILES string of the molecule is C=CCn1cc(CN2CCC(C[C@@H]3CC(c4ccccc4F)=NO3)(C(=O)O)CC2)c(C)n1. The Bertz CT molecular complexity index is 1020. The van der Waals surface area contributed by atoms with Gasteiger partial charge in [0.15, 0.2) is 0 Å². The van der Waals surface area contributed by atoms with Crippen molar-refractivity contribution in [3.63, 3.8) is 0 Å². The van der Waals surface area contributed by atoms with E-state index in [2.05, 4.69) is 21.7 Å². The molecular weight excluding hydrogens is 411 g/mol. The highest BCUT2D eigenvalue weighted by Crippen LogP contribution is 2.39. The zero-order valence-corrected chi connectivity index (χ0v) is 18.3. The second kappa shape index (κ2) is 9.24. The van der Waals surface area contributed by atoms with E-state index in [0.29, 0.717) is 56.6 Å². The van der Waals surface area contributed by atoms with Gasteiger partial charge < -0.3 is 9.94 Å². The molecule has 2 aliphatic rings. The van der Waals surface area contributed by atoms with Crippen LogP contribution in [0.1, 0.15) is 42.5 Å². The minimum atomic E-state index is -0.858. The Hall–Kier alpha value is -3.00. The van der Waals surface area contributed by atoms with Crippen molar-refractivity contribution in [1.29, 1.82) is 0 Å². The van der Waals surface area contributed by atoms with E-state index in [1.54, 1.807) is 18.2 Å². The zero-order valence-electron chi connectivity index (χ0n) is 18.3. The lowest BCUT2D eigenvalue weighted by molar-refractivity contribution is -0.155. The topological polar surface area (TPSA) is 80.0 Å². The van der Waals surface area contributed by atoms with Crippen molar-refractivity contribution in [2.75, 3.05) is 13.1 Å². The lowest BCUT2D eigenvalue weighted by Gasteiger charge is -2.39. The lowest BCUT2D eigenvalue weighted by Crippen LogP contribution is -2.45. The lowest BCUT2D eigenvalue weighted by atomic mass is 9.73. The Morgan fingerprint density at radius 3 is 2.81 bits per heavy atom. The average molecular weight is 441 g/mol. The van der Waals surface area contributed by atoms with Gasteiger partial charge in [-0.15, -0.1) is 6.58 Å². The molecule has 1 aromatic carbocycles. The Morgan fingerprint density at radius 2 is 2.12 bits per heavy atom. The van der Waals surface area contributed by atoms with Gasteiger partial charge in [0.05, 0.1) is 23.4 Å². The van der Waals surface area contributed by atoms with Gasteiger partial charge in [-0.25, -0.2) is 4.39 Å². The van der Waals surface area contributed by atoms with Gasteiger partial charge >= 0.3 is 5.97 Å². The van der Waals surface area contributed by atoms with Gasteiger partial charge in [-0.1, -0.05) is 29.4 Å². The average Bonchev–Trinajstić information content (AvgIpc) is 3.36. The number of halogens is 1. The second-order valence-corrected chi connectivity index (χ2v) is 8.77. The van der Waals surface area contributed by atoms with Crippen LogP contribution in [0.3, 0.4) is 0 Å². The molecule has 0 radical (unpaired) electrons. The Balaban J connectivity index is 1.36. The van der Waals surface area contributed by atoms with Gasteiger partial charge in [0.2, 0.25) is 0 Å². The zero-order chi connectivity index (χ0) is 22.7. The van der Waals surface area contributed by atoms with Crippen LogP contribution in [0, 0.1) is 18.2 Å². The van der Waals surface area contributed by atoms with Gasteiger partial charge in [-0.3, -0.25) is 14.4 Å². The largest absolute Gasteiger partial charge is 0.481 e. The molecule has 0 saturated carbocycles. The molecule has 0 unspecified atom stereocenters. The summed E-state index contributed by atoms with van der Waals surface area (Å²) < 4.78 is 15.9. The normalized spacial score (nSPS) is 20.6. The molecule has 0 spiro atoms. The van der Waals surface area contributed by atoms with E-state index < -0.39 is 11.4 Å². The predicted octanol–water partition coefficient (Wildman–Crippen LogP) is 3.77. The van der Waals surface area contributed by atoms with E-state index in [-0.39, 0.29) is 11.9 Å². The molecule has 2 aliphatic heterocycles. The van der Waals surface area contributed by atoms with Gasteiger partial charge in [-0.2, -0.15) is 5.10 Å². The number of carboxylic acid groups (broad SMARTS) is 1. The highest BCUT2D eigenvalue weighted by atomic mass is 19.1.